The van der Waals surface area contributed by atoms with Crippen molar-refractivity contribution in [1.82, 2.24) is 4.90 Å². The Morgan fingerprint density at radius 3 is 2.10 bits per heavy atom. The number of likely N-dealkylation sites (tertiary alicyclic amines) is 1. The van der Waals surface area contributed by atoms with Crippen molar-refractivity contribution in [2.75, 3.05) is 13.1 Å². The van der Waals surface area contributed by atoms with E-state index in [0.29, 0.717) is 0 Å². The van der Waals surface area contributed by atoms with Crippen molar-refractivity contribution in [1.29, 1.82) is 0 Å². The molecule has 114 valence electrons. The molecule has 0 spiro atoms. The second-order valence-electron chi connectivity index (χ2n) is 5.17. The van der Waals surface area contributed by atoms with Crippen LogP contribution in [0.15, 0.2) is 24.3 Å². The first-order valence-corrected chi connectivity index (χ1v) is 6.54. The fourth-order valence-electron chi connectivity index (χ4n) is 2.47. The van der Waals surface area contributed by atoms with Crippen molar-refractivity contribution in [2.45, 2.75) is 38.0 Å². The lowest BCUT2D eigenvalue weighted by atomic mass is 10.00. The van der Waals surface area contributed by atoms with E-state index in [4.69, 9.17) is 5.73 Å². The Hall–Kier alpha value is -0.780. The molecular weight excluding hydrogens is 289 g/mol. The molecule has 1 heterocycles. The van der Waals surface area contributed by atoms with Crippen molar-refractivity contribution >= 4 is 12.4 Å². The largest absolute Gasteiger partial charge is 0.416 e. The molecule has 2 rings (SSSR count). The SMILES string of the molecule is CC(c1ccc(C(F)(F)F)cc1)N1CCC(N)CC1.Cl. The number of alkyl halides is 3. The number of halogens is 4. The molecule has 1 fully saturated rings. The second-order valence-corrected chi connectivity index (χ2v) is 5.17. The average Bonchev–Trinajstić information content (AvgIpc) is 2.38. The highest BCUT2D eigenvalue weighted by atomic mass is 35.5. The molecule has 0 saturated carbocycles. The third kappa shape index (κ3) is 4.11. The fourth-order valence-corrected chi connectivity index (χ4v) is 2.47. The lowest BCUT2D eigenvalue weighted by Crippen LogP contribution is -2.40. The van der Waals surface area contributed by atoms with Gasteiger partial charge in [0.15, 0.2) is 0 Å². The summed E-state index contributed by atoms with van der Waals surface area (Å²) in [5, 5.41) is 0. The molecule has 0 radical (unpaired) electrons. The Morgan fingerprint density at radius 2 is 1.65 bits per heavy atom. The predicted octanol–water partition coefficient (Wildman–Crippen LogP) is 3.61. The van der Waals surface area contributed by atoms with E-state index in [2.05, 4.69) is 4.90 Å². The van der Waals surface area contributed by atoms with E-state index in [9.17, 15) is 13.2 Å². The number of hydrogen-bond acceptors (Lipinski definition) is 2. The van der Waals surface area contributed by atoms with Crippen LogP contribution >= 0.6 is 12.4 Å². The first kappa shape index (κ1) is 17.3. The van der Waals surface area contributed by atoms with Crippen LogP contribution in [-0.4, -0.2) is 24.0 Å². The highest BCUT2D eigenvalue weighted by molar-refractivity contribution is 5.85. The quantitative estimate of drug-likeness (QED) is 0.904. The van der Waals surface area contributed by atoms with Crippen LogP contribution in [0.4, 0.5) is 13.2 Å². The zero-order chi connectivity index (χ0) is 14.0. The second kappa shape index (κ2) is 6.78. The summed E-state index contributed by atoms with van der Waals surface area (Å²) >= 11 is 0. The van der Waals surface area contributed by atoms with Gasteiger partial charge in [0.2, 0.25) is 0 Å². The summed E-state index contributed by atoms with van der Waals surface area (Å²) in [5.74, 6) is 0. The number of benzene rings is 1. The molecule has 1 aromatic rings. The van der Waals surface area contributed by atoms with Gasteiger partial charge in [-0.2, -0.15) is 13.2 Å². The summed E-state index contributed by atoms with van der Waals surface area (Å²) in [6.07, 6.45) is -2.37. The van der Waals surface area contributed by atoms with Crippen LogP contribution in [0, 0.1) is 0 Å². The molecule has 6 heteroatoms. The smallest absolute Gasteiger partial charge is 0.328 e. The van der Waals surface area contributed by atoms with Crippen LogP contribution in [0.3, 0.4) is 0 Å². The maximum Gasteiger partial charge on any atom is 0.416 e. The minimum Gasteiger partial charge on any atom is -0.328 e. The van der Waals surface area contributed by atoms with Crippen LogP contribution in [0.2, 0.25) is 0 Å². The summed E-state index contributed by atoms with van der Waals surface area (Å²) in [5.41, 5.74) is 6.18. The molecule has 1 aliphatic rings. The zero-order valence-electron chi connectivity index (χ0n) is 11.4. The molecule has 1 saturated heterocycles. The molecule has 0 amide bonds. The van der Waals surface area contributed by atoms with E-state index in [-0.39, 0.29) is 24.5 Å². The lowest BCUT2D eigenvalue weighted by Gasteiger charge is -2.35. The molecule has 1 aliphatic heterocycles. The van der Waals surface area contributed by atoms with Crippen molar-refractivity contribution in [2.24, 2.45) is 5.73 Å². The Balaban J connectivity index is 0.00000200. The summed E-state index contributed by atoms with van der Waals surface area (Å²) in [6.45, 7) is 3.84. The Kier molecular flexibility index (Phi) is 5.86. The zero-order valence-corrected chi connectivity index (χ0v) is 12.2. The van der Waals surface area contributed by atoms with Crippen LogP contribution in [0.25, 0.3) is 0 Å². The lowest BCUT2D eigenvalue weighted by molar-refractivity contribution is -0.137. The van der Waals surface area contributed by atoms with Crippen molar-refractivity contribution in [3.05, 3.63) is 35.4 Å². The molecule has 0 aromatic heterocycles. The van der Waals surface area contributed by atoms with Crippen LogP contribution in [0.1, 0.15) is 36.9 Å². The van der Waals surface area contributed by atoms with Gasteiger partial charge in [0.25, 0.3) is 0 Å². The average molecular weight is 309 g/mol. The highest BCUT2D eigenvalue weighted by Crippen LogP contribution is 2.31. The Morgan fingerprint density at radius 1 is 1.15 bits per heavy atom. The van der Waals surface area contributed by atoms with Gasteiger partial charge in [-0.25, -0.2) is 0 Å². The predicted molar refractivity (Wildman–Crippen MR) is 75.9 cm³/mol. The van der Waals surface area contributed by atoms with Gasteiger partial charge in [-0.15, -0.1) is 12.4 Å². The fraction of sp³-hybridized carbons (Fsp3) is 0.571. The molecule has 0 bridgehead atoms. The Labute approximate surface area is 123 Å². The van der Waals surface area contributed by atoms with Gasteiger partial charge in [0.05, 0.1) is 5.56 Å². The third-order valence-corrected chi connectivity index (χ3v) is 3.84. The molecule has 0 aliphatic carbocycles. The molecule has 1 unspecified atom stereocenters. The highest BCUT2D eigenvalue weighted by Gasteiger charge is 2.30. The maximum absolute atomic E-state index is 12.5. The van der Waals surface area contributed by atoms with Gasteiger partial charge >= 0.3 is 6.18 Å². The van der Waals surface area contributed by atoms with E-state index < -0.39 is 11.7 Å². The molecular formula is C14H20ClF3N2. The monoisotopic (exact) mass is 308 g/mol. The number of piperidine rings is 1. The molecule has 2 N–H and O–H groups in total. The minimum absolute atomic E-state index is 0. The molecule has 2 nitrogen and oxygen atoms in total. The minimum atomic E-state index is -4.26. The molecule has 1 aromatic carbocycles. The van der Waals surface area contributed by atoms with E-state index >= 15 is 0 Å². The number of hydrogen-bond donors (Lipinski definition) is 1. The number of rotatable bonds is 2. The van der Waals surface area contributed by atoms with E-state index in [1.165, 1.54) is 0 Å². The number of nitrogens with zero attached hydrogens (tertiary/aromatic N) is 1. The normalized spacial score (nSPS) is 19.4. The van der Waals surface area contributed by atoms with E-state index in [0.717, 1.165) is 43.6 Å². The van der Waals surface area contributed by atoms with Crippen molar-refractivity contribution in [3.8, 4) is 0 Å². The van der Waals surface area contributed by atoms with Gasteiger partial charge in [-0.1, -0.05) is 12.1 Å². The summed E-state index contributed by atoms with van der Waals surface area (Å²) < 4.78 is 37.5. The van der Waals surface area contributed by atoms with Gasteiger partial charge in [-0.05, 0) is 37.5 Å². The van der Waals surface area contributed by atoms with Crippen LogP contribution < -0.4 is 5.73 Å². The van der Waals surface area contributed by atoms with Gasteiger partial charge in [0, 0.05) is 25.2 Å². The first-order valence-electron chi connectivity index (χ1n) is 6.54. The standard InChI is InChI=1S/C14H19F3N2.ClH/c1-10(19-8-6-13(18)7-9-19)11-2-4-12(5-3-11)14(15,16)17;/h2-5,10,13H,6-9,18H2,1H3;1H. The van der Waals surface area contributed by atoms with E-state index in [1.54, 1.807) is 12.1 Å². The summed E-state index contributed by atoms with van der Waals surface area (Å²) in [6, 6.07) is 5.85. The molecule has 20 heavy (non-hydrogen) atoms. The maximum atomic E-state index is 12.5. The summed E-state index contributed by atoms with van der Waals surface area (Å²) in [7, 11) is 0. The van der Waals surface area contributed by atoms with Crippen LogP contribution in [-0.2, 0) is 6.18 Å². The topological polar surface area (TPSA) is 29.3 Å². The van der Waals surface area contributed by atoms with Crippen LogP contribution in [0.5, 0.6) is 0 Å². The van der Waals surface area contributed by atoms with E-state index in [1.807, 2.05) is 6.92 Å². The first-order chi connectivity index (χ1) is 8.88. The van der Waals surface area contributed by atoms with Gasteiger partial charge in [0.1, 0.15) is 0 Å². The van der Waals surface area contributed by atoms with Gasteiger partial charge < -0.3 is 5.73 Å². The summed E-state index contributed by atoms with van der Waals surface area (Å²) in [4.78, 5) is 2.27. The Bertz CT molecular complexity index is 411. The molecule has 1 atom stereocenters. The van der Waals surface area contributed by atoms with Crippen molar-refractivity contribution in [3.63, 3.8) is 0 Å². The number of nitrogens with two attached hydrogens (primary N) is 1. The van der Waals surface area contributed by atoms with Crippen molar-refractivity contribution < 1.29 is 13.2 Å². The van der Waals surface area contributed by atoms with Gasteiger partial charge in [-0.3, -0.25) is 4.90 Å². The third-order valence-electron chi connectivity index (χ3n) is 3.84.